The summed E-state index contributed by atoms with van der Waals surface area (Å²) in [6.45, 7) is 6.69. The summed E-state index contributed by atoms with van der Waals surface area (Å²) in [5, 5.41) is 27.7. The van der Waals surface area contributed by atoms with Crippen molar-refractivity contribution in [3.8, 4) is 0 Å². The fourth-order valence-corrected chi connectivity index (χ4v) is 8.09. The first-order valence-electron chi connectivity index (χ1n) is 23.8. The number of nitrogens with two attached hydrogens (primary N) is 3. The molecule has 2 aromatic rings. The zero-order valence-electron chi connectivity index (χ0n) is 40.9. The van der Waals surface area contributed by atoms with Crippen molar-refractivity contribution in [3.05, 3.63) is 71.8 Å². The third-order valence-corrected chi connectivity index (χ3v) is 12.2. The minimum atomic E-state index is -1.35. The summed E-state index contributed by atoms with van der Waals surface area (Å²) in [5.41, 5.74) is 17.9. The Kier molecular flexibility index (Phi) is 24.8. The van der Waals surface area contributed by atoms with Crippen molar-refractivity contribution in [2.24, 2.45) is 34.0 Å². The number of aliphatic carboxylic acids is 1. The Morgan fingerprint density at radius 1 is 0.718 bits per heavy atom. The lowest BCUT2D eigenvalue weighted by molar-refractivity contribution is -0.139. The zero-order chi connectivity index (χ0) is 52.6. The normalized spacial score (nSPS) is 16.1. The number of hydrogen-bond acceptors (Lipinski definition) is 12. The van der Waals surface area contributed by atoms with E-state index < -0.39 is 108 Å². The molecule has 1 saturated heterocycles. The number of benzene rings is 2. The van der Waals surface area contributed by atoms with Crippen LogP contribution in [0.25, 0.3) is 0 Å². The minimum absolute atomic E-state index is 0.0242. The van der Waals surface area contributed by atoms with Gasteiger partial charge in [0.1, 0.15) is 48.8 Å². The van der Waals surface area contributed by atoms with Crippen molar-refractivity contribution in [2.75, 3.05) is 31.9 Å². The second-order valence-electron chi connectivity index (χ2n) is 17.9. The molecule has 1 heterocycles. The third kappa shape index (κ3) is 19.9. The van der Waals surface area contributed by atoms with Gasteiger partial charge in [0.05, 0.1) is 6.54 Å². The smallest absolute Gasteiger partial charge is 0.322 e. The molecule has 0 saturated carbocycles. The van der Waals surface area contributed by atoms with Gasteiger partial charge in [-0.25, -0.2) is 0 Å². The molecule has 0 radical (unpaired) electrons. The molecule has 0 spiro atoms. The molecular weight excluding hydrogens is 937 g/mol. The van der Waals surface area contributed by atoms with Crippen LogP contribution in [0.2, 0.25) is 0 Å². The number of hydrogen-bond donors (Lipinski definition) is 12. The fraction of sp³-hybridized carbons (Fsp3) is 0.542. The van der Waals surface area contributed by atoms with E-state index in [2.05, 4.69) is 54.8 Å². The van der Waals surface area contributed by atoms with Gasteiger partial charge in [-0.1, -0.05) is 94.8 Å². The lowest BCUT2D eigenvalue weighted by Gasteiger charge is -2.30. The topological polar surface area (TPSA) is 352 Å². The van der Waals surface area contributed by atoms with Gasteiger partial charge in [0.15, 0.2) is 5.96 Å². The Labute approximate surface area is 420 Å². The van der Waals surface area contributed by atoms with Crippen molar-refractivity contribution in [1.82, 2.24) is 42.1 Å². The summed E-state index contributed by atoms with van der Waals surface area (Å²) in [6, 6.07) is 9.07. The Balaban J connectivity index is 1.93. The Morgan fingerprint density at radius 2 is 1.23 bits per heavy atom. The van der Waals surface area contributed by atoms with Gasteiger partial charge in [0, 0.05) is 31.7 Å². The fourth-order valence-electron chi connectivity index (χ4n) is 7.83. The number of thiol groups is 1. The van der Waals surface area contributed by atoms with Gasteiger partial charge in [-0.2, -0.15) is 12.6 Å². The van der Waals surface area contributed by atoms with E-state index in [0.29, 0.717) is 36.9 Å². The van der Waals surface area contributed by atoms with Crippen molar-refractivity contribution in [1.29, 1.82) is 0 Å². The summed E-state index contributed by atoms with van der Waals surface area (Å²) in [7, 11) is 0. The van der Waals surface area contributed by atoms with Crippen LogP contribution in [-0.4, -0.2) is 143 Å². The van der Waals surface area contributed by atoms with E-state index in [0.717, 1.165) is 0 Å². The second kappa shape index (κ2) is 30.1. The van der Waals surface area contributed by atoms with Gasteiger partial charge in [-0.15, -0.1) is 0 Å². The number of nitrogens with zero attached hydrogens (tertiary/aromatic N) is 2. The number of nitrogens with one attached hydrogen (secondary N) is 7. The van der Waals surface area contributed by atoms with Crippen LogP contribution in [0.3, 0.4) is 0 Å². The molecule has 1 aliphatic rings. The highest BCUT2D eigenvalue weighted by Gasteiger charge is 2.38. The average molecular weight is 1010 g/mol. The number of guanidine groups is 1. The van der Waals surface area contributed by atoms with Crippen molar-refractivity contribution < 1.29 is 48.3 Å². The Bertz CT molecular complexity index is 2150. The molecule has 0 aromatic heterocycles. The van der Waals surface area contributed by atoms with Gasteiger partial charge in [-0.3, -0.25) is 48.1 Å². The average Bonchev–Trinajstić information content (AvgIpc) is 3.84. The summed E-state index contributed by atoms with van der Waals surface area (Å²) in [6.07, 6.45) is 1.61. The largest absolute Gasteiger partial charge is 0.480 e. The van der Waals surface area contributed by atoms with E-state index in [1.807, 2.05) is 20.8 Å². The summed E-state index contributed by atoms with van der Waals surface area (Å²) in [5.74, 6) is -7.70. The first kappa shape index (κ1) is 58.6. The van der Waals surface area contributed by atoms with E-state index >= 15 is 0 Å². The number of amides is 8. The molecule has 23 heteroatoms. The maximum Gasteiger partial charge on any atom is 0.322 e. The Morgan fingerprint density at radius 3 is 1.72 bits per heavy atom. The van der Waals surface area contributed by atoms with E-state index in [4.69, 9.17) is 22.3 Å². The number of carbonyl (C=O) groups excluding carboxylic acids is 8. The zero-order valence-corrected chi connectivity index (χ0v) is 41.8. The van der Waals surface area contributed by atoms with Gasteiger partial charge in [0.2, 0.25) is 47.3 Å². The van der Waals surface area contributed by atoms with E-state index in [1.165, 1.54) is 4.90 Å². The molecule has 14 N–H and O–H groups in total. The predicted octanol–water partition coefficient (Wildman–Crippen LogP) is -1.39. The minimum Gasteiger partial charge on any atom is -0.480 e. The van der Waals surface area contributed by atoms with Gasteiger partial charge >= 0.3 is 5.97 Å². The predicted molar refractivity (Wildman–Crippen MR) is 269 cm³/mol. The molecule has 1 aliphatic heterocycles. The van der Waals surface area contributed by atoms with Crippen LogP contribution < -0.4 is 54.4 Å². The van der Waals surface area contributed by atoms with Crippen LogP contribution >= 0.6 is 12.6 Å². The maximum absolute atomic E-state index is 14.5. The van der Waals surface area contributed by atoms with Gasteiger partial charge in [0.25, 0.3) is 0 Å². The van der Waals surface area contributed by atoms with Crippen LogP contribution in [0.4, 0.5) is 0 Å². The maximum atomic E-state index is 14.5. The van der Waals surface area contributed by atoms with Crippen LogP contribution in [0.15, 0.2) is 65.7 Å². The number of carbonyl (C=O) groups is 9. The number of aliphatic imine (C=N–C) groups is 1. The quantitative estimate of drug-likeness (QED) is 0.0194. The van der Waals surface area contributed by atoms with E-state index in [-0.39, 0.29) is 62.8 Å². The SMILES string of the molecule is CC[C@H](C)[C@H](NC(=O)[C@@H]1CCCN1C(=O)CN)C(=O)N[C@@H](CS)C(=O)N[C@@H](Cc1ccccc1)C(=O)N[C@@H](Cc1ccccc1)C(=O)N[C@@H](CCCN=C(N)N)C(=O)N[C@@H](CC(C)C)C(=O)NCC(=O)O. The van der Waals surface area contributed by atoms with Crippen LogP contribution in [0, 0.1) is 11.8 Å². The Hall–Kier alpha value is -6.75. The highest BCUT2D eigenvalue weighted by Crippen LogP contribution is 2.19. The van der Waals surface area contributed by atoms with E-state index in [9.17, 15) is 43.2 Å². The molecule has 71 heavy (non-hydrogen) atoms. The molecule has 0 aliphatic carbocycles. The summed E-state index contributed by atoms with van der Waals surface area (Å²) in [4.78, 5) is 127. The molecule has 3 rings (SSSR count). The second-order valence-corrected chi connectivity index (χ2v) is 18.2. The monoisotopic (exact) mass is 1010 g/mol. The molecule has 1 fully saturated rings. The lowest BCUT2D eigenvalue weighted by atomic mass is 9.97. The molecule has 8 atom stereocenters. The molecule has 2 aromatic carbocycles. The molecule has 0 unspecified atom stereocenters. The standard InChI is InChI=1S/C48H72N12O10S/c1-5-29(4)40(59-46(69)37-19-13-21-60(37)38(61)25-49)47(70)58-36(27-71)45(68)57-35(24-31-16-10-7-11-17-31)44(67)56-34(23-30-14-8-6-9-15-30)43(66)54-32(18-12-20-52-48(50)51)42(65)55-33(22-28(2)3)41(64)53-26-39(62)63/h6-11,14-17,28-29,32-37,40,71H,5,12-13,18-27,49H2,1-4H3,(H,53,64)(H,54,66)(H,55,65)(H,56,67)(H,57,68)(H,58,70)(H,59,69)(H,62,63)(H4,50,51,52)/t29-,32-,33-,34-,35-,36-,37-,40-/m0/s1. The molecule has 390 valence electrons. The molecule has 22 nitrogen and oxygen atoms in total. The van der Waals surface area contributed by atoms with Crippen LogP contribution in [0.1, 0.15) is 77.3 Å². The number of rotatable bonds is 29. The summed E-state index contributed by atoms with van der Waals surface area (Å²) >= 11 is 4.35. The van der Waals surface area contributed by atoms with Crippen molar-refractivity contribution in [2.45, 2.75) is 121 Å². The van der Waals surface area contributed by atoms with Crippen molar-refractivity contribution >= 4 is 71.8 Å². The first-order valence-corrected chi connectivity index (χ1v) is 24.5. The summed E-state index contributed by atoms with van der Waals surface area (Å²) < 4.78 is 0. The molecular formula is C48H72N12O10S. The first-order chi connectivity index (χ1) is 33.8. The number of likely N-dealkylation sites (tertiary alicyclic amines) is 1. The van der Waals surface area contributed by atoms with Crippen LogP contribution in [-0.2, 0) is 56.0 Å². The number of carboxylic acid groups (broad SMARTS) is 1. The molecule has 0 bridgehead atoms. The van der Waals surface area contributed by atoms with Crippen LogP contribution in [0.5, 0.6) is 0 Å². The van der Waals surface area contributed by atoms with Gasteiger partial charge < -0.3 is 64.4 Å². The van der Waals surface area contributed by atoms with Crippen molar-refractivity contribution in [3.63, 3.8) is 0 Å². The molecule has 8 amide bonds. The number of carboxylic acids is 1. The van der Waals surface area contributed by atoms with E-state index in [1.54, 1.807) is 67.6 Å². The lowest BCUT2D eigenvalue weighted by Crippen LogP contribution is -2.61. The van der Waals surface area contributed by atoms with Gasteiger partial charge in [-0.05, 0) is 55.1 Å². The highest BCUT2D eigenvalue weighted by atomic mass is 32.1. The third-order valence-electron chi connectivity index (χ3n) is 11.8. The highest BCUT2D eigenvalue weighted by molar-refractivity contribution is 7.80.